The maximum atomic E-state index is 13.0. The van der Waals surface area contributed by atoms with E-state index in [1.54, 1.807) is 30.4 Å². The molecule has 1 atom stereocenters. The minimum absolute atomic E-state index is 0.0970. The number of thioether (sulfide) groups is 1. The quantitative estimate of drug-likeness (QED) is 0.418. The van der Waals surface area contributed by atoms with Crippen molar-refractivity contribution < 1.29 is 9.53 Å². The van der Waals surface area contributed by atoms with Crippen LogP contribution in [0.2, 0.25) is 5.02 Å². The average Bonchev–Trinajstić information content (AvgIpc) is 3.03. The van der Waals surface area contributed by atoms with E-state index in [1.165, 1.54) is 11.8 Å². The van der Waals surface area contributed by atoms with Crippen LogP contribution in [0.5, 0.6) is 5.75 Å². The zero-order chi connectivity index (χ0) is 20.6. The topological polar surface area (TPSA) is 54.3 Å². The Bertz CT molecular complexity index is 882. The summed E-state index contributed by atoms with van der Waals surface area (Å²) in [5, 5.41) is 9.78. The van der Waals surface area contributed by atoms with Gasteiger partial charge in [-0.25, -0.2) is 0 Å². The molecule has 3 rings (SSSR count). The molecule has 1 aliphatic rings. The third-order valence-corrected chi connectivity index (χ3v) is 6.05. The van der Waals surface area contributed by atoms with Crippen LogP contribution >= 0.6 is 23.4 Å². The van der Waals surface area contributed by atoms with Crippen LogP contribution in [0.4, 0.5) is 0 Å². The minimum Gasteiger partial charge on any atom is -0.497 e. The fourth-order valence-electron chi connectivity index (χ4n) is 2.91. The predicted octanol–water partition coefficient (Wildman–Crippen LogP) is 5.37. The van der Waals surface area contributed by atoms with Crippen molar-refractivity contribution in [3.63, 3.8) is 0 Å². The summed E-state index contributed by atoms with van der Waals surface area (Å²) in [5.74, 6) is 0.887. The lowest BCUT2D eigenvalue weighted by Gasteiger charge is -2.16. The molecule has 0 N–H and O–H groups in total. The first-order valence-corrected chi connectivity index (χ1v) is 10.8. The van der Waals surface area contributed by atoms with Crippen molar-refractivity contribution in [2.45, 2.75) is 38.0 Å². The summed E-state index contributed by atoms with van der Waals surface area (Å²) in [5.41, 5.74) is 1.92. The Morgan fingerprint density at radius 2 is 1.90 bits per heavy atom. The number of carbonyl (C=O) groups excluding carboxylic acids is 1. The van der Waals surface area contributed by atoms with Crippen molar-refractivity contribution >= 4 is 40.7 Å². The maximum absolute atomic E-state index is 13.0. The molecule has 2 aromatic carbocycles. The van der Waals surface area contributed by atoms with E-state index in [2.05, 4.69) is 17.1 Å². The highest BCUT2D eigenvalue weighted by atomic mass is 35.5. The largest absolute Gasteiger partial charge is 0.497 e. The molecule has 1 aliphatic heterocycles. The molecule has 0 radical (unpaired) electrons. The van der Waals surface area contributed by atoms with Gasteiger partial charge in [0, 0.05) is 5.02 Å². The summed E-state index contributed by atoms with van der Waals surface area (Å²) in [6, 6.07) is 15.1. The molecule has 5 nitrogen and oxygen atoms in total. The fourth-order valence-corrected chi connectivity index (χ4v) is 4.18. The molecule has 2 aromatic rings. The molecule has 1 fully saturated rings. The Hall–Kier alpha value is -2.31. The Balaban J connectivity index is 1.78. The zero-order valence-corrected chi connectivity index (χ0v) is 18.1. The molecule has 0 unspecified atom stereocenters. The number of methoxy groups -OCH3 is 1. The lowest BCUT2D eigenvalue weighted by atomic mass is 10.1. The van der Waals surface area contributed by atoms with Crippen LogP contribution in [0.1, 0.15) is 37.3 Å². The zero-order valence-electron chi connectivity index (χ0n) is 16.5. The fraction of sp³-hybridized carbons (Fsp3) is 0.318. The second kappa shape index (κ2) is 10.5. The molecule has 0 spiro atoms. The van der Waals surface area contributed by atoms with Crippen LogP contribution in [0.25, 0.3) is 0 Å². The first kappa shape index (κ1) is 21.4. The van der Waals surface area contributed by atoms with Gasteiger partial charge in [-0.1, -0.05) is 67.4 Å². The molecule has 29 heavy (non-hydrogen) atoms. The van der Waals surface area contributed by atoms with E-state index in [1.807, 2.05) is 36.4 Å². The van der Waals surface area contributed by atoms with Crippen LogP contribution in [-0.4, -0.2) is 34.5 Å². The second-order valence-electron chi connectivity index (χ2n) is 6.70. The SMILES string of the molecule is CCCC[C@H]1S/C(=N/N=C\c2ccc(Cl)cc2)N(Cc2ccc(OC)cc2)C1=O. The Morgan fingerprint density at radius 3 is 2.55 bits per heavy atom. The van der Waals surface area contributed by atoms with Gasteiger partial charge in [-0.2, -0.15) is 5.10 Å². The van der Waals surface area contributed by atoms with Gasteiger partial charge in [0.15, 0.2) is 5.17 Å². The van der Waals surface area contributed by atoms with Gasteiger partial charge in [-0.05, 0) is 41.8 Å². The standard InChI is InChI=1S/C22H24ClN3O2S/c1-3-4-5-20-21(27)26(15-17-8-12-19(28-2)13-9-17)22(29-20)25-24-14-16-6-10-18(23)11-7-16/h6-14,20H,3-5,15H2,1-2H3/b24-14-,25-22+/t20-/m1/s1. The highest BCUT2D eigenvalue weighted by Gasteiger charge is 2.37. The number of halogens is 1. The van der Waals surface area contributed by atoms with E-state index < -0.39 is 0 Å². The Morgan fingerprint density at radius 1 is 1.17 bits per heavy atom. The molecule has 7 heteroatoms. The summed E-state index contributed by atoms with van der Waals surface area (Å²) in [4.78, 5) is 14.7. The predicted molar refractivity (Wildman–Crippen MR) is 121 cm³/mol. The number of hydrogen-bond donors (Lipinski definition) is 0. The smallest absolute Gasteiger partial charge is 0.242 e. The number of benzene rings is 2. The normalized spacial score (nSPS) is 18.2. The monoisotopic (exact) mass is 429 g/mol. The highest BCUT2D eigenvalue weighted by Crippen LogP contribution is 2.32. The molecule has 1 saturated heterocycles. The minimum atomic E-state index is -0.0994. The van der Waals surface area contributed by atoms with Gasteiger partial charge in [0.2, 0.25) is 5.91 Å². The van der Waals surface area contributed by atoms with E-state index >= 15 is 0 Å². The first-order valence-electron chi connectivity index (χ1n) is 9.58. The van der Waals surface area contributed by atoms with Crippen molar-refractivity contribution in [1.29, 1.82) is 0 Å². The van der Waals surface area contributed by atoms with Gasteiger partial charge in [-0.3, -0.25) is 9.69 Å². The Labute approximate surface area is 180 Å². The van der Waals surface area contributed by atoms with Crippen LogP contribution in [-0.2, 0) is 11.3 Å². The molecule has 0 saturated carbocycles. The van der Waals surface area contributed by atoms with Gasteiger partial charge in [-0.15, -0.1) is 5.10 Å². The van der Waals surface area contributed by atoms with Crippen molar-refractivity contribution in [2.75, 3.05) is 7.11 Å². The number of nitrogens with zero attached hydrogens (tertiary/aromatic N) is 3. The van der Waals surface area contributed by atoms with E-state index in [0.29, 0.717) is 16.7 Å². The second-order valence-corrected chi connectivity index (χ2v) is 8.31. The van der Waals surface area contributed by atoms with E-state index in [0.717, 1.165) is 36.1 Å². The number of amidine groups is 1. The lowest BCUT2D eigenvalue weighted by molar-refractivity contribution is -0.126. The van der Waals surface area contributed by atoms with Crippen LogP contribution in [0.15, 0.2) is 58.7 Å². The average molecular weight is 430 g/mol. The van der Waals surface area contributed by atoms with E-state index in [-0.39, 0.29) is 11.2 Å². The number of ether oxygens (including phenoxy) is 1. The van der Waals surface area contributed by atoms with Crippen molar-refractivity contribution in [2.24, 2.45) is 10.2 Å². The molecule has 152 valence electrons. The summed E-state index contributed by atoms with van der Waals surface area (Å²) >= 11 is 7.41. The lowest BCUT2D eigenvalue weighted by Crippen LogP contribution is -2.31. The molecular weight excluding hydrogens is 406 g/mol. The third kappa shape index (κ3) is 5.84. The number of hydrogen-bond acceptors (Lipinski definition) is 5. The van der Waals surface area contributed by atoms with Gasteiger partial charge in [0.25, 0.3) is 0 Å². The highest BCUT2D eigenvalue weighted by molar-refractivity contribution is 8.15. The summed E-state index contributed by atoms with van der Waals surface area (Å²) in [6.45, 7) is 2.60. The van der Waals surface area contributed by atoms with E-state index in [9.17, 15) is 4.79 Å². The van der Waals surface area contributed by atoms with Crippen LogP contribution in [0, 0.1) is 0 Å². The van der Waals surface area contributed by atoms with Crippen molar-refractivity contribution in [3.05, 3.63) is 64.7 Å². The number of amides is 1. The van der Waals surface area contributed by atoms with Crippen LogP contribution in [0.3, 0.4) is 0 Å². The number of carbonyl (C=O) groups is 1. The molecule has 0 aromatic heterocycles. The molecule has 0 bridgehead atoms. The summed E-state index contributed by atoms with van der Waals surface area (Å²) in [6.07, 6.45) is 4.59. The van der Waals surface area contributed by atoms with E-state index in [4.69, 9.17) is 16.3 Å². The van der Waals surface area contributed by atoms with Crippen LogP contribution < -0.4 is 4.74 Å². The molecule has 1 heterocycles. The molecular formula is C22H24ClN3O2S. The first-order chi connectivity index (χ1) is 14.1. The van der Waals surface area contributed by atoms with Gasteiger partial charge in [0.1, 0.15) is 5.75 Å². The van der Waals surface area contributed by atoms with Gasteiger partial charge >= 0.3 is 0 Å². The molecule has 1 amide bonds. The van der Waals surface area contributed by atoms with Gasteiger partial charge < -0.3 is 4.74 Å². The van der Waals surface area contributed by atoms with Crippen molar-refractivity contribution in [1.82, 2.24) is 4.90 Å². The van der Waals surface area contributed by atoms with Crippen molar-refractivity contribution in [3.8, 4) is 5.75 Å². The molecule has 0 aliphatic carbocycles. The third-order valence-electron chi connectivity index (χ3n) is 4.56. The van der Waals surface area contributed by atoms with Gasteiger partial charge in [0.05, 0.1) is 25.1 Å². The summed E-state index contributed by atoms with van der Waals surface area (Å²) < 4.78 is 5.21. The number of rotatable bonds is 8. The maximum Gasteiger partial charge on any atom is 0.242 e. The Kier molecular flexibility index (Phi) is 7.72. The number of unbranched alkanes of at least 4 members (excludes halogenated alkanes) is 1. The summed E-state index contributed by atoms with van der Waals surface area (Å²) in [7, 11) is 1.64.